The Morgan fingerprint density at radius 2 is 1.16 bits per heavy atom. The maximum Gasteiger partial charge on any atom is 0.235 e. The van der Waals surface area contributed by atoms with Crippen LogP contribution >= 0.6 is 11.3 Å². The van der Waals surface area contributed by atoms with Crippen molar-refractivity contribution >= 4 is 113 Å². The molecule has 0 N–H and O–H groups in total. The fourth-order valence-corrected chi connectivity index (χ4v) is 12.6. The van der Waals surface area contributed by atoms with Gasteiger partial charge in [0.05, 0.1) is 38.8 Å². The molecule has 0 atom stereocenters. The van der Waals surface area contributed by atoms with E-state index in [0.717, 1.165) is 44.0 Å². The molecule has 0 radical (unpaired) electrons. The van der Waals surface area contributed by atoms with Crippen LogP contribution in [0.3, 0.4) is 0 Å². The Kier molecular flexibility index (Phi) is 6.10. The summed E-state index contributed by atoms with van der Waals surface area (Å²) in [5.41, 5.74) is 14.0. The van der Waals surface area contributed by atoms with Crippen LogP contribution in [0, 0.1) is 0 Å². The lowest BCUT2D eigenvalue weighted by Gasteiger charge is -2.22. The lowest BCUT2D eigenvalue weighted by Crippen LogP contribution is -2.15. The van der Waals surface area contributed by atoms with E-state index in [4.69, 9.17) is 9.97 Å². The van der Waals surface area contributed by atoms with Gasteiger partial charge in [0.1, 0.15) is 0 Å². The number of thiophene rings is 1. The first-order valence-corrected chi connectivity index (χ1v) is 22.2. The van der Waals surface area contributed by atoms with E-state index in [9.17, 15) is 0 Å². The third kappa shape index (κ3) is 4.03. The topological polar surface area (TPSA) is 35.1 Å². The maximum atomic E-state index is 5.67. The standard InChI is InChI=1S/C57H34N4S/c1-57(2)43-19-7-5-14-34(43)35-26-25-32(28-44(35)57)53-40-27-24-31-12-3-4-13-33(31)54(40)59-56(58-53)61-45-20-10-16-37-38-17-9-18-39-41-29-42-36-15-6-8-23-49(36)62-50(42)30-48(41)60(55(38)39)46-21-11-22-47(61)52(46)51(37)45/h3-30H,1-2H3. The second-order valence-corrected chi connectivity index (χ2v) is 18.8. The Balaban J connectivity index is 1.08. The van der Waals surface area contributed by atoms with E-state index in [0.29, 0.717) is 5.95 Å². The average molecular weight is 807 g/mol. The highest BCUT2D eigenvalue weighted by molar-refractivity contribution is 7.25. The molecule has 15 rings (SSSR count). The Morgan fingerprint density at radius 3 is 2.08 bits per heavy atom. The third-order valence-electron chi connectivity index (χ3n) is 14.2. The Morgan fingerprint density at radius 1 is 0.452 bits per heavy atom. The Hall–Kier alpha value is -7.60. The predicted molar refractivity (Wildman–Crippen MR) is 262 cm³/mol. The molecule has 0 saturated heterocycles. The highest BCUT2D eigenvalue weighted by atomic mass is 32.1. The lowest BCUT2D eigenvalue weighted by molar-refractivity contribution is 0.660. The molecule has 0 aliphatic heterocycles. The number of fused-ring (bicyclic) bond motifs is 14. The first-order valence-electron chi connectivity index (χ1n) is 21.4. The zero-order valence-corrected chi connectivity index (χ0v) is 34.7. The minimum Gasteiger partial charge on any atom is -0.308 e. The van der Waals surface area contributed by atoms with Gasteiger partial charge < -0.3 is 4.40 Å². The van der Waals surface area contributed by atoms with Crippen LogP contribution in [0.15, 0.2) is 170 Å². The minimum absolute atomic E-state index is 0.138. The van der Waals surface area contributed by atoms with Crippen molar-refractivity contribution in [2.24, 2.45) is 0 Å². The molecule has 14 aromatic rings. The molecule has 5 heteroatoms. The molecule has 1 aliphatic rings. The molecule has 0 unspecified atom stereocenters. The van der Waals surface area contributed by atoms with Gasteiger partial charge in [-0.1, -0.05) is 135 Å². The molecular weight excluding hydrogens is 773 g/mol. The summed E-state index contributed by atoms with van der Waals surface area (Å²) >= 11 is 1.88. The largest absolute Gasteiger partial charge is 0.308 e. The van der Waals surface area contributed by atoms with Gasteiger partial charge in [0.15, 0.2) is 0 Å². The van der Waals surface area contributed by atoms with Crippen molar-refractivity contribution in [2.45, 2.75) is 19.3 Å². The van der Waals surface area contributed by atoms with Crippen molar-refractivity contribution in [3.8, 4) is 28.3 Å². The van der Waals surface area contributed by atoms with Crippen molar-refractivity contribution in [1.82, 2.24) is 18.9 Å². The molecule has 0 fully saturated rings. The van der Waals surface area contributed by atoms with Gasteiger partial charge in [-0.25, -0.2) is 9.97 Å². The summed E-state index contributed by atoms with van der Waals surface area (Å²) in [6.07, 6.45) is 0. The van der Waals surface area contributed by atoms with Gasteiger partial charge in [-0.2, -0.15) is 0 Å². The van der Waals surface area contributed by atoms with Gasteiger partial charge in [0, 0.05) is 68.9 Å². The fraction of sp³-hybridized carbons (Fsp3) is 0.0526. The smallest absolute Gasteiger partial charge is 0.235 e. The predicted octanol–water partition coefficient (Wildman–Crippen LogP) is 15.4. The first kappa shape index (κ1) is 33.2. The monoisotopic (exact) mass is 806 g/mol. The van der Waals surface area contributed by atoms with E-state index in [1.54, 1.807) is 0 Å². The first-order chi connectivity index (χ1) is 30.5. The maximum absolute atomic E-state index is 5.67. The SMILES string of the molecule is CC1(C)c2ccccc2-c2ccc(-c3nc(-n4c5cccc6c7cccc8c9cc%10c(cc9n(c9cccc4c9c65)c78)sc4ccccc4%10)nc4c3ccc3ccccc34)cc21. The Labute approximate surface area is 358 Å². The number of rotatable bonds is 2. The van der Waals surface area contributed by atoms with Gasteiger partial charge in [-0.15, -0.1) is 11.3 Å². The highest BCUT2D eigenvalue weighted by Crippen LogP contribution is 2.51. The number of hydrogen-bond acceptors (Lipinski definition) is 3. The van der Waals surface area contributed by atoms with Crippen molar-refractivity contribution in [2.75, 3.05) is 0 Å². The van der Waals surface area contributed by atoms with E-state index < -0.39 is 0 Å². The van der Waals surface area contributed by atoms with Gasteiger partial charge in [-0.3, -0.25) is 4.57 Å². The number of benzene rings is 9. The van der Waals surface area contributed by atoms with Crippen LogP contribution in [-0.2, 0) is 5.41 Å². The summed E-state index contributed by atoms with van der Waals surface area (Å²) in [5, 5.41) is 13.4. The van der Waals surface area contributed by atoms with Gasteiger partial charge in [0.25, 0.3) is 0 Å². The highest BCUT2D eigenvalue weighted by Gasteiger charge is 2.35. The number of hydrogen-bond donors (Lipinski definition) is 0. The molecule has 9 aromatic carbocycles. The quantitative estimate of drug-likeness (QED) is 0.163. The summed E-state index contributed by atoms with van der Waals surface area (Å²) in [5.74, 6) is 0.671. The van der Waals surface area contributed by atoms with Crippen molar-refractivity contribution in [3.63, 3.8) is 0 Å². The van der Waals surface area contributed by atoms with Crippen molar-refractivity contribution in [1.29, 1.82) is 0 Å². The molecule has 0 spiro atoms. The summed E-state index contributed by atoms with van der Waals surface area (Å²) in [6.45, 7) is 4.70. The van der Waals surface area contributed by atoms with Gasteiger partial charge in [-0.05, 0) is 81.6 Å². The van der Waals surface area contributed by atoms with Crippen LogP contribution in [0.2, 0.25) is 0 Å². The molecule has 5 heterocycles. The molecular formula is C57H34N4S. The minimum atomic E-state index is -0.138. The van der Waals surface area contributed by atoms with E-state index in [-0.39, 0.29) is 5.41 Å². The fourth-order valence-electron chi connectivity index (χ4n) is 11.5. The second kappa shape index (κ2) is 11.4. The van der Waals surface area contributed by atoms with Crippen LogP contribution < -0.4 is 0 Å². The lowest BCUT2D eigenvalue weighted by atomic mass is 9.82. The summed E-state index contributed by atoms with van der Waals surface area (Å²) in [4.78, 5) is 11.3. The second-order valence-electron chi connectivity index (χ2n) is 17.7. The van der Waals surface area contributed by atoms with E-state index in [1.807, 2.05) is 11.3 Å². The number of nitrogens with zero attached hydrogens (tertiary/aromatic N) is 4. The zero-order valence-electron chi connectivity index (χ0n) is 33.9. The Bertz CT molecular complexity index is 4310. The van der Waals surface area contributed by atoms with Crippen LogP contribution in [-0.4, -0.2) is 18.9 Å². The number of para-hydroxylation sites is 1. The molecule has 1 aliphatic carbocycles. The van der Waals surface area contributed by atoms with Gasteiger partial charge in [0.2, 0.25) is 5.95 Å². The molecule has 5 aromatic heterocycles. The molecule has 0 saturated carbocycles. The van der Waals surface area contributed by atoms with Crippen LogP contribution in [0.25, 0.3) is 130 Å². The molecule has 62 heavy (non-hydrogen) atoms. The summed E-state index contributed by atoms with van der Waals surface area (Å²) in [7, 11) is 0. The van der Waals surface area contributed by atoms with Crippen molar-refractivity contribution < 1.29 is 0 Å². The third-order valence-corrected chi connectivity index (χ3v) is 15.4. The average Bonchev–Trinajstić information content (AvgIpc) is 4.00. The molecule has 0 bridgehead atoms. The van der Waals surface area contributed by atoms with E-state index >= 15 is 0 Å². The van der Waals surface area contributed by atoms with Crippen molar-refractivity contribution in [3.05, 3.63) is 181 Å². The number of aromatic nitrogens is 4. The summed E-state index contributed by atoms with van der Waals surface area (Å²) < 4.78 is 7.50. The van der Waals surface area contributed by atoms with E-state index in [1.165, 1.54) is 91.3 Å². The normalized spacial score (nSPS) is 13.8. The van der Waals surface area contributed by atoms with Crippen LogP contribution in [0.4, 0.5) is 0 Å². The molecule has 4 nitrogen and oxygen atoms in total. The zero-order chi connectivity index (χ0) is 40.6. The van der Waals surface area contributed by atoms with Crippen LogP contribution in [0.1, 0.15) is 25.0 Å². The van der Waals surface area contributed by atoms with Crippen LogP contribution in [0.5, 0.6) is 0 Å². The molecule has 0 amide bonds. The summed E-state index contributed by atoms with van der Waals surface area (Å²) in [6, 6.07) is 63.0. The van der Waals surface area contributed by atoms with Gasteiger partial charge >= 0.3 is 0 Å². The van der Waals surface area contributed by atoms with E-state index in [2.05, 4.69) is 193 Å². The molecule has 288 valence electrons.